The van der Waals surface area contributed by atoms with E-state index in [4.69, 9.17) is 0 Å². The van der Waals surface area contributed by atoms with E-state index in [1.54, 1.807) is 11.3 Å². The van der Waals surface area contributed by atoms with E-state index in [-0.39, 0.29) is 0 Å². The van der Waals surface area contributed by atoms with Crippen molar-refractivity contribution >= 4 is 22.8 Å². The minimum atomic E-state index is 0.580. The first-order chi connectivity index (χ1) is 7.36. The van der Waals surface area contributed by atoms with Crippen LogP contribution in [0.15, 0.2) is 5.38 Å². The van der Waals surface area contributed by atoms with Gasteiger partial charge in [-0.3, -0.25) is 4.79 Å². The Morgan fingerprint density at radius 1 is 1.47 bits per heavy atom. The smallest absolute Gasteiger partial charge is 0.186 e. The highest BCUT2D eigenvalue weighted by Crippen LogP contribution is 2.38. The minimum Gasteiger partial charge on any atom is -0.345 e. The van der Waals surface area contributed by atoms with Gasteiger partial charge in [-0.15, -0.1) is 11.3 Å². The van der Waals surface area contributed by atoms with Crippen molar-refractivity contribution < 1.29 is 4.79 Å². The van der Waals surface area contributed by atoms with E-state index >= 15 is 0 Å². The molecule has 3 nitrogen and oxygen atoms in total. The first-order valence-corrected chi connectivity index (χ1v) is 6.42. The van der Waals surface area contributed by atoms with Gasteiger partial charge in [-0.2, -0.15) is 0 Å². The number of nitrogens with zero attached hydrogens (tertiary/aromatic N) is 2. The third-order valence-electron chi connectivity index (χ3n) is 3.02. The summed E-state index contributed by atoms with van der Waals surface area (Å²) in [6, 6.07) is 0.705. The van der Waals surface area contributed by atoms with E-state index in [1.807, 2.05) is 5.38 Å². The van der Waals surface area contributed by atoms with Crippen LogP contribution in [0.3, 0.4) is 0 Å². The molecule has 0 atom stereocenters. The summed E-state index contributed by atoms with van der Waals surface area (Å²) in [6.45, 7) is 1.15. The van der Waals surface area contributed by atoms with Crippen LogP contribution in [0.4, 0.5) is 5.13 Å². The number of thiazole rings is 1. The summed E-state index contributed by atoms with van der Waals surface area (Å²) in [4.78, 5) is 17.3. The Bertz CT molecular complexity index is 368. The van der Waals surface area contributed by atoms with Crippen LogP contribution in [0.2, 0.25) is 0 Å². The van der Waals surface area contributed by atoms with Crippen LogP contribution in [0.5, 0.6) is 0 Å². The molecule has 0 radical (unpaired) electrons. The molecule has 3 rings (SSSR count). The molecule has 0 aromatic carbocycles. The molecule has 0 aliphatic heterocycles. The van der Waals surface area contributed by atoms with Gasteiger partial charge >= 0.3 is 0 Å². The number of carbonyl (C=O) groups excluding carboxylic acids is 1. The second kappa shape index (κ2) is 3.59. The predicted octanol–water partition coefficient (Wildman–Crippen LogP) is 2.33. The van der Waals surface area contributed by atoms with E-state index in [1.165, 1.54) is 25.7 Å². The highest BCUT2D eigenvalue weighted by Gasteiger charge is 2.35. The maximum absolute atomic E-state index is 10.6. The molecule has 2 fully saturated rings. The molecule has 4 heteroatoms. The van der Waals surface area contributed by atoms with Gasteiger partial charge in [0.2, 0.25) is 0 Å². The largest absolute Gasteiger partial charge is 0.345 e. The maximum atomic E-state index is 10.6. The van der Waals surface area contributed by atoms with Crippen LogP contribution in [0.1, 0.15) is 36.2 Å². The molecule has 0 saturated heterocycles. The Kier molecular flexibility index (Phi) is 2.24. The van der Waals surface area contributed by atoms with Crippen LogP contribution >= 0.6 is 11.3 Å². The zero-order chi connectivity index (χ0) is 10.3. The molecular weight excluding hydrogens is 208 g/mol. The molecule has 1 heterocycles. The zero-order valence-corrected chi connectivity index (χ0v) is 9.37. The van der Waals surface area contributed by atoms with Crippen LogP contribution in [0, 0.1) is 5.92 Å². The summed E-state index contributed by atoms with van der Waals surface area (Å²) in [5, 5.41) is 2.90. The third-order valence-corrected chi connectivity index (χ3v) is 3.91. The monoisotopic (exact) mass is 222 g/mol. The van der Waals surface area contributed by atoms with E-state index < -0.39 is 0 Å². The van der Waals surface area contributed by atoms with Gasteiger partial charge in [0.25, 0.3) is 0 Å². The van der Waals surface area contributed by atoms with Crippen LogP contribution in [-0.2, 0) is 0 Å². The highest BCUT2D eigenvalue weighted by atomic mass is 32.1. The lowest BCUT2D eigenvalue weighted by molar-refractivity contribution is 0.111. The number of carbonyl (C=O) groups is 1. The van der Waals surface area contributed by atoms with Gasteiger partial charge in [-0.1, -0.05) is 0 Å². The van der Waals surface area contributed by atoms with Crippen molar-refractivity contribution in [3.05, 3.63) is 11.1 Å². The SMILES string of the molecule is O=Cc1csc(N(CC2CC2)C2CC2)n1. The molecule has 80 valence electrons. The average Bonchev–Trinajstić information content (AvgIpc) is 3.14. The molecule has 0 N–H and O–H groups in total. The molecular formula is C11H14N2OS. The molecule has 1 aromatic rings. The Morgan fingerprint density at radius 3 is 2.80 bits per heavy atom. The van der Waals surface area contributed by atoms with Gasteiger partial charge in [0.15, 0.2) is 11.4 Å². The predicted molar refractivity (Wildman–Crippen MR) is 60.6 cm³/mol. The van der Waals surface area contributed by atoms with Gasteiger partial charge in [-0.25, -0.2) is 4.98 Å². The first kappa shape index (κ1) is 9.33. The van der Waals surface area contributed by atoms with Gasteiger partial charge in [0.1, 0.15) is 5.69 Å². The second-order valence-electron chi connectivity index (χ2n) is 4.50. The van der Waals surface area contributed by atoms with Crippen molar-refractivity contribution in [2.75, 3.05) is 11.4 Å². The number of rotatable bonds is 5. The van der Waals surface area contributed by atoms with Crippen molar-refractivity contribution in [1.82, 2.24) is 4.98 Å². The second-order valence-corrected chi connectivity index (χ2v) is 5.34. The molecule has 2 saturated carbocycles. The standard InChI is InChI=1S/C11H14N2OS/c14-6-9-7-15-11(12-9)13(10-3-4-10)5-8-1-2-8/h6-8,10H,1-5H2. The zero-order valence-electron chi connectivity index (χ0n) is 8.56. The fourth-order valence-electron chi connectivity index (χ4n) is 1.81. The fraction of sp³-hybridized carbons (Fsp3) is 0.636. The lowest BCUT2D eigenvalue weighted by atomic mass is 10.4. The summed E-state index contributed by atoms with van der Waals surface area (Å²) in [5.74, 6) is 0.884. The number of aromatic nitrogens is 1. The summed E-state index contributed by atoms with van der Waals surface area (Å²) < 4.78 is 0. The average molecular weight is 222 g/mol. The molecule has 1 aromatic heterocycles. The van der Waals surface area contributed by atoms with Gasteiger partial charge in [-0.05, 0) is 31.6 Å². The molecule has 0 spiro atoms. The Balaban J connectivity index is 1.76. The van der Waals surface area contributed by atoms with Crippen LogP contribution < -0.4 is 4.90 Å². The third kappa shape index (κ3) is 2.04. The maximum Gasteiger partial charge on any atom is 0.186 e. The summed E-state index contributed by atoms with van der Waals surface area (Å²) in [6.07, 6.45) is 6.16. The molecule has 0 bridgehead atoms. The summed E-state index contributed by atoms with van der Waals surface area (Å²) >= 11 is 1.60. The van der Waals surface area contributed by atoms with Crippen molar-refractivity contribution in [3.8, 4) is 0 Å². The molecule has 15 heavy (non-hydrogen) atoms. The van der Waals surface area contributed by atoms with Crippen molar-refractivity contribution in [2.45, 2.75) is 31.7 Å². The lowest BCUT2D eigenvalue weighted by Gasteiger charge is -2.20. The quantitative estimate of drug-likeness (QED) is 0.717. The minimum absolute atomic E-state index is 0.580. The summed E-state index contributed by atoms with van der Waals surface area (Å²) in [7, 11) is 0. The fourth-order valence-corrected chi connectivity index (χ4v) is 2.66. The van der Waals surface area contributed by atoms with E-state index in [9.17, 15) is 4.79 Å². The topological polar surface area (TPSA) is 33.2 Å². The first-order valence-electron chi connectivity index (χ1n) is 5.54. The van der Waals surface area contributed by atoms with Gasteiger partial charge in [0.05, 0.1) is 0 Å². The molecule has 0 unspecified atom stereocenters. The number of hydrogen-bond acceptors (Lipinski definition) is 4. The van der Waals surface area contributed by atoms with Crippen LogP contribution in [-0.4, -0.2) is 23.9 Å². The van der Waals surface area contributed by atoms with Crippen molar-refractivity contribution in [3.63, 3.8) is 0 Å². The summed E-state index contributed by atoms with van der Waals surface area (Å²) in [5.41, 5.74) is 0.580. The van der Waals surface area contributed by atoms with Gasteiger partial charge in [0, 0.05) is 18.0 Å². The van der Waals surface area contributed by atoms with Gasteiger partial charge < -0.3 is 4.90 Å². The highest BCUT2D eigenvalue weighted by molar-refractivity contribution is 7.13. The van der Waals surface area contributed by atoms with E-state index in [0.29, 0.717) is 11.7 Å². The Morgan fingerprint density at radius 2 is 2.27 bits per heavy atom. The Hall–Kier alpha value is -0.900. The number of hydrogen-bond donors (Lipinski definition) is 0. The van der Waals surface area contributed by atoms with Crippen molar-refractivity contribution in [1.29, 1.82) is 0 Å². The van der Waals surface area contributed by atoms with Crippen molar-refractivity contribution in [2.24, 2.45) is 5.92 Å². The molecule has 2 aliphatic rings. The van der Waals surface area contributed by atoms with E-state index in [2.05, 4.69) is 9.88 Å². The molecule has 0 amide bonds. The normalized spacial score (nSPS) is 20.3. The number of aldehydes is 1. The molecule has 2 aliphatic carbocycles. The van der Waals surface area contributed by atoms with E-state index in [0.717, 1.165) is 23.9 Å². The van der Waals surface area contributed by atoms with Crippen LogP contribution in [0.25, 0.3) is 0 Å². The lowest BCUT2D eigenvalue weighted by Crippen LogP contribution is -2.27. The number of anilines is 1. The Labute approximate surface area is 93.1 Å².